The van der Waals surface area contributed by atoms with Crippen LogP contribution in [0.15, 0.2) is 237 Å². The lowest BCUT2D eigenvalue weighted by molar-refractivity contribution is 0.590. The average molecular weight is 1010 g/mol. The van der Waals surface area contributed by atoms with Crippen LogP contribution in [0, 0.1) is 0 Å². The van der Waals surface area contributed by atoms with Crippen LogP contribution in [0.1, 0.15) is 79.0 Å². The lowest BCUT2D eigenvalue weighted by Crippen LogP contribution is -2.13. The molecule has 0 saturated carbocycles. The Kier molecular flexibility index (Phi) is 11.6. The first-order valence-corrected chi connectivity index (χ1v) is 27.7. The van der Waals surface area contributed by atoms with Gasteiger partial charge in [0.15, 0.2) is 0 Å². The van der Waals surface area contributed by atoms with Gasteiger partial charge >= 0.3 is 0 Å². The fraction of sp³-hybridized carbons (Fsp3) is 0.158. The summed E-state index contributed by atoms with van der Waals surface area (Å²) in [6.45, 7) is 20.8. The fourth-order valence-corrected chi connectivity index (χ4v) is 12.2. The van der Waals surface area contributed by atoms with Gasteiger partial charge in [-0.3, -0.25) is 0 Å². The van der Waals surface area contributed by atoms with Crippen LogP contribution in [0.2, 0.25) is 0 Å². The third-order valence-electron chi connectivity index (χ3n) is 16.4. The quantitative estimate of drug-likeness (QED) is 0.138. The molecular weight excluding hydrogens is 941 g/mol. The zero-order valence-corrected chi connectivity index (χ0v) is 46.4. The van der Waals surface area contributed by atoms with Crippen molar-refractivity contribution in [3.05, 3.63) is 253 Å². The number of nitrogens with zero attached hydrogens (tertiary/aromatic N) is 2. The van der Waals surface area contributed by atoms with Gasteiger partial charge in [-0.2, -0.15) is 0 Å². The van der Waals surface area contributed by atoms with Crippen molar-refractivity contribution in [1.29, 1.82) is 0 Å². The zero-order chi connectivity index (χ0) is 53.7. The highest BCUT2D eigenvalue weighted by Gasteiger charge is 2.27. The Labute approximate surface area is 460 Å². The van der Waals surface area contributed by atoms with Crippen LogP contribution >= 0.6 is 0 Å². The monoisotopic (exact) mass is 1010 g/mol. The van der Waals surface area contributed by atoms with E-state index in [4.69, 9.17) is 0 Å². The molecule has 0 fully saturated rings. The maximum absolute atomic E-state index is 2.55. The zero-order valence-electron chi connectivity index (χ0n) is 46.4. The van der Waals surface area contributed by atoms with Crippen LogP contribution < -0.4 is 4.90 Å². The van der Waals surface area contributed by atoms with Gasteiger partial charge in [-0.1, -0.05) is 250 Å². The van der Waals surface area contributed by atoms with E-state index in [1.807, 2.05) is 0 Å². The van der Waals surface area contributed by atoms with E-state index in [1.54, 1.807) is 0 Å². The highest BCUT2D eigenvalue weighted by molar-refractivity contribution is 6.28. The molecule has 0 radical (unpaired) electrons. The first-order chi connectivity index (χ1) is 37.6. The molecule has 0 aliphatic rings. The molecule has 0 spiro atoms. The standard InChI is InChI=1S/C76H66N2/c1-74(2,3)55-34-41-59(49-20-13-10-14-21-49)64(46-55)52-28-37-58(38-29-52)77(73-60(50-22-15-11-16-23-50)26-19-27-61(73)51-24-17-12-18-25-51)67-42-32-53-31-40-63-68(43-33-54-30-39-62(67)71(53)72(54)63)78-69-44-35-56(75(4,5)6)47-65(69)66-48-57(76(7,8)9)36-45-70(66)78/h10-48H,1-9H3. The van der Waals surface area contributed by atoms with Gasteiger partial charge in [0.25, 0.3) is 0 Å². The summed E-state index contributed by atoms with van der Waals surface area (Å²) in [6.07, 6.45) is 0. The van der Waals surface area contributed by atoms with Crippen LogP contribution in [-0.2, 0) is 16.2 Å². The summed E-state index contributed by atoms with van der Waals surface area (Å²) in [5, 5.41) is 10.0. The second kappa shape index (κ2) is 18.5. The smallest absolute Gasteiger partial charge is 0.0618 e. The van der Waals surface area contributed by atoms with Crippen molar-refractivity contribution in [3.63, 3.8) is 0 Å². The van der Waals surface area contributed by atoms with E-state index < -0.39 is 0 Å². The minimum absolute atomic E-state index is 0.0122. The number of fused-ring (bicyclic) bond motifs is 3. The van der Waals surface area contributed by atoms with Gasteiger partial charge in [0.05, 0.1) is 28.1 Å². The van der Waals surface area contributed by atoms with Gasteiger partial charge in [-0.25, -0.2) is 0 Å². The summed E-state index contributed by atoms with van der Waals surface area (Å²) in [6, 6.07) is 89.0. The number of benzene rings is 12. The van der Waals surface area contributed by atoms with E-state index in [9.17, 15) is 0 Å². The summed E-state index contributed by atoms with van der Waals surface area (Å²) < 4.78 is 2.53. The van der Waals surface area contributed by atoms with Gasteiger partial charge in [0, 0.05) is 38.4 Å². The normalized spacial score (nSPS) is 12.4. The Morgan fingerprint density at radius 1 is 0.308 bits per heavy atom. The van der Waals surface area contributed by atoms with Crippen molar-refractivity contribution in [2.24, 2.45) is 0 Å². The van der Waals surface area contributed by atoms with Crippen molar-refractivity contribution < 1.29 is 0 Å². The second-order valence-corrected chi connectivity index (χ2v) is 24.6. The van der Waals surface area contributed by atoms with Gasteiger partial charge in [0.1, 0.15) is 0 Å². The minimum Gasteiger partial charge on any atom is -0.309 e. The predicted molar refractivity (Wildman–Crippen MR) is 337 cm³/mol. The Balaban J connectivity index is 1.08. The van der Waals surface area contributed by atoms with E-state index in [2.05, 4.69) is 308 Å². The van der Waals surface area contributed by atoms with Crippen molar-refractivity contribution in [2.45, 2.75) is 78.6 Å². The van der Waals surface area contributed by atoms with Gasteiger partial charge in [0.2, 0.25) is 0 Å². The topological polar surface area (TPSA) is 8.17 Å². The van der Waals surface area contributed by atoms with Crippen LogP contribution in [0.4, 0.5) is 17.1 Å². The van der Waals surface area contributed by atoms with E-state index in [0.717, 1.165) is 39.3 Å². The van der Waals surface area contributed by atoms with Gasteiger partial charge < -0.3 is 9.47 Å². The van der Waals surface area contributed by atoms with Crippen LogP contribution in [0.3, 0.4) is 0 Å². The molecular formula is C76H66N2. The highest BCUT2D eigenvalue weighted by Crippen LogP contribution is 2.51. The molecule has 2 nitrogen and oxygen atoms in total. The molecule has 12 aromatic carbocycles. The molecule has 0 atom stereocenters. The molecule has 13 rings (SSSR count). The molecule has 78 heavy (non-hydrogen) atoms. The SMILES string of the molecule is CC(C)(C)c1ccc(-c2ccccc2)c(-c2ccc(N(c3c(-c4ccccc4)cccc3-c3ccccc3)c3ccc4ccc5c(-n6c7ccc(C(C)(C)C)cc7c7cc(C(C)(C)C)ccc76)ccc6ccc3c4c65)cc2)c1. The Hall–Kier alpha value is -8.72. The number of hydrogen-bond donors (Lipinski definition) is 0. The van der Waals surface area contributed by atoms with Crippen molar-refractivity contribution in [3.8, 4) is 50.2 Å². The minimum atomic E-state index is -0.0127. The largest absolute Gasteiger partial charge is 0.309 e. The molecule has 13 aromatic rings. The predicted octanol–water partition coefficient (Wildman–Crippen LogP) is 21.7. The summed E-state index contributed by atoms with van der Waals surface area (Å²) in [7, 11) is 0. The van der Waals surface area contributed by atoms with Gasteiger partial charge in [-0.15, -0.1) is 0 Å². The summed E-state index contributed by atoms with van der Waals surface area (Å²) in [5.41, 5.74) is 20.5. The first kappa shape index (κ1) is 48.9. The van der Waals surface area contributed by atoms with Gasteiger partial charge in [-0.05, 0) is 136 Å². The molecule has 0 unspecified atom stereocenters. The molecule has 0 aliphatic carbocycles. The van der Waals surface area contributed by atoms with E-state index in [-0.39, 0.29) is 16.2 Å². The lowest BCUT2D eigenvalue weighted by atomic mass is 9.83. The molecule has 1 heterocycles. The summed E-state index contributed by atoms with van der Waals surface area (Å²) >= 11 is 0. The van der Waals surface area contributed by atoms with Crippen molar-refractivity contribution in [2.75, 3.05) is 4.90 Å². The van der Waals surface area contributed by atoms with E-state index >= 15 is 0 Å². The van der Waals surface area contributed by atoms with Crippen molar-refractivity contribution in [1.82, 2.24) is 4.57 Å². The summed E-state index contributed by atoms with van der Waals surface area (Å²) in [5.74, 6) is 0. The molecule has 380 valence electrons. The molecule has 0 N–H and O–H groups in total. The molecule has 2 heteroatoms. The lowest BCUT2D eigenvalue weighted by Gasteiger charge is -2.32. The van der Waals surface area contributed by atoms with E-state index in [1.165, 1.54) is 98.8 Å². The second-order valence-electron chi connectivity index (χ2n) is 24.6. The third kappa shape index (κ3) is 8.34. The molecule has 1 aromatic heterocycles. The Bertz CT molecular complexity index is 4260. The van der Waals surface area contributed by atoms with Crippen LogP contribution in [-0.4, -0.2) is 4.57 Å². The number of hydrogen-bond acceptors (Lipinski definition) is 1. The third-order valence-corrected chi connectivity index (χ3v) is 16.4. The number of anilines is 3. The molecule has 0 saturated heterocycles. The van der Waals surface area contributed by atoms with Crippen LogP contribution in [0.25, 0.3) is 104 Å². The highest BCUT2D eigenvalue weighted by atomic mass is 15.1. The maximum Gasteiger partial charge on any atom is 0.0618 e. The fourth-order valence-electron chi connectivity index (χ4n) is 12.2. The average Bonchev–Trinajstić information content (AvgIpc) is 3.89. The molecule has 0 aliphatic heterocycles. The summed E-state index contributed by atoms with van der Waals surface area (Å²) in [4.78, 5) is 2.55. The maximum atomic E-state index is 2.55. The number of aromatic nitrogens is 1. The van der Waals surface area contributed by atoms with Crippen LogP contribution in [0.5, 0.6) is 0 Å². The number of rotatable bonds is 8. The van der Waals surface area contributed by atoms with E-state index in [0.29, 0.717) is 0 Å². The Morgan fingerprint density at radius 2 is 0.744 bits per heavy atom. The first-order valence-electron chi connectivity index (χ1n) is 27.7. The Morgan fingerprint density at radius 3 is 1.27 bits per heavy atom. The number of para-hydroxylation sites is 1. The molecule has 0 amide bonds. The molecule has 0 bridgehead atoms. The van der Waals surface area contributed by atoms with Crippen molar-refractivity contribution >= 4 is 71.2 Å².